The number of methoxy groups -OCH3 is 1. The monoisotopic (exact) mass is 266 g/mol. The molecule has 0 unspecified atom stereocenters. The van der Waals surface area contributed by atoms with Gasteiger partial charge in [0.15, 0.2) is 0 Å². The van der Waals surface area contributed by atoms with E-state index < -0.39 is 0 Å². The molecule has 3 N–H and O–H groups in total. The molecule has 0 bridgehead atoms. The van der Waals surface area contributed by atoms with Gasteiger partial charge in [-0.15, -0.1) is 0 Å². The summed E-state index contributed by atoms with van der Waals surface area (Å²) in [6, 6.07) is 5.69. The van der Waals surface area contributed by atoms with E-state index in [1.807, 2.05) is 18.2 Å². The number of ether oxygens (including phenoxy) is 1. The summed E-state index contributed by atoms with van der Waals surface area (Å²) in [6.07, 6.45) is 1.10. The van der Waals surface area contributed by atoms with E-state index in [1.54, 1.807) is 7.11 Å². The number of hydrogen-bond donors (Lipinski definition) is 2. The summed E-state index contributed by atoms with van der Waals surface area (Å²) in [5.74, 6) is 0.798. The third-order valence-corrected chi connectivity index (χ3v) is 3.43. The normalized spacial score (nSPS) is 11.1. The van der Waals surface area contributed by atoms with E-state index >= 15 is 0 Å². The first-order valence-electron chi connectivity index (χ1n) is 6.11. The van der Waals surface area contributed by atoms with Crippen LogP contribution in [0.4, 0.5) is 5.69 Å². The average Bonchev–Trinajstić information content (AvgIpc) is 2.36. The average molecular weight is 266 g/mol. The predicted octanol–water partition coefficient (Wildman–Crippen LogP) is 3.18. The molecule has 0 radical (unpaired) electrons. The van der Waals surface area contributed by atoms with E-state index in [-0.39, 0.29) is 5.41 Å². The Morgan fingerprint density at radius 2 is 2.11 bits per heavy atom. The van der Waals surface area contributed by atoms with Crippen LogP contribution < -0.4 is 15.8 Å². The van der Waals surface area contributed by atoms with Gasteiger partial charge in [0, 0.05) is 23.9 Å². The van der Waals surface area contributed by atoms with Crippen LogP contribution in [0.5, 0.6) is 5.75 Å². The van der Waals surface area contributed by atoms with Gasteiger partial charge in [-0.2, -0.15) is 0 Å². The van der Waals surface area contributed by atoms with Gasteiger partial charge in [0.2, 0.25) is 0 Å². The molecule has 0 aliphatic carbocycles. The molecule has 4 heteroatoms. The quantitative estimate of drug-likeness (QED) is 0.776. The Hall–Kier alpha value is -1.29. The molecule has 1 aromatic carbocycles. The number of hydrogen-bond acceptors (Lipinski definition) is 3. The first kappa shape index (κ1) is 14.8. The van der Waals surface area contributed by atoms with Gasteiger partial charge >= 0.3 is 0 Å². The van der Waals surface area contributed by atoms with Crippen LogP contribution >= 0.6 is 12.2 Å². The molecule has 3 nitrogen and oxygen atoms in total. The van der Waals surface area contributed by atoms with Crippen LogP contribution in [-0.4, -0.2) is 18.6 Å². The van der Waals surface area contributed by atoms with Crippen LogP contribution in [0.15, 0.2) is 18.2 Å². The Kier molecular flexibility index (Phi) is 4.96. The largest absolute Gasteiger partial charge is 0.497 e. The number of anilines is 1. The van der Waals surface area contributed by atoms with Crippen molar-refractivity contribution < 1.29 is 4.74 Å². The molecule has 0 aliphatic rings. The highest BCUT2D eigenvalue weighted by Crippen LogP contribution is 2.25. The summed E-state index contributed by atoms with van der Waals surface area (Å²) in [5, 5.41) is 3.41. The maximum atomic E-state index is 5.73. The molecule has 100 valence electrons. The molecule has 0 amide bonds. The van der Waals surface area contributed by atoms with Crippen molar-refractivity contribution in [3.8, 4) is 5.75 Å². The fraction of sp³-hybridized carbons (Fsp3) is 0.500. The van der Waals surface area contributed by atoms with Gasteiger partial charge in [-0.25, -0.2) is 0 Å². The molecule has 0 spiro atoms. The standard InChI is InChI=1S/C14H22N2OS/c1-5-14(2,3)9-16-12-8-10(17-4)6-7-11(12)13(15)18/h6-8,16H,5,9H2,1-4H3,(H2,15,18). The van der Waals surface area contributed by atoms with Crippen LogP contribution in [0.25, 0.3) is 0 Å². The van der Waals surface area contributed by atoms with Gasteiger partial charge in [-0.05, 0) is 24.0 Å². The minimum absolute atomic E-state index is 0.233. The van der Waals surface area contributed by atoms with Crippen molar-refractivity contribution >= 4 is 22.9 Å². The molecule has 0 saturated carbocycles. The van der Waals surface area contributed by atoms with Crippen molar-refractivity contribution in [2.24, 2.45) is 11.1 Å². The molecule has 0 aromatic heterocycles. The summed E-state index contributed by atoms with van der Waals surface area (Å²) in [6.45, 7) is 7.50. The summed E-state index contributed by atoms with van der Waals surface area (Å²) in [5.41, 5.74) is 7.75. The molecular weight excluding hydrogens is 244 g/mol. The fourth-order valence-corrected chi connectivity index (χ4v) is 1.65. The Morgan fingerprint density at radius 3 is 2.61 bits per heavy atom. The van der Waals surface area contributed by atoms with Gasteiger partial charge in [0.05, 0.1) is 7.11 Å². The maximum absolute atomic E-state index is 5.73. The van der Waals surface area contributed by atoms with E-state index in [0.717, 1.165) is 30.0 Å². The van der Waals surface area contributed by atoms with Crippen LogP contribution in [0.2, 0.25) is 0 Å². The Bertz CT molecular complexity index is 430. The maximum Gasteiger partial charge on any atom is 0.120 e. The summed E-state index contributed by atoms with van der Waals surface area (Å²) < 4.78 is 5.22. The SMILES string of the molecule is CCC(C)(C)CNc1cc(OC)ccc1C(N)=S. The molecule has 0 heterocycles. The topological polar surface area (TPSA) is 47.3 Å². The number of thiocarbonyl (C=S) groups is 1. The second-order valence-corrected chi connectivity index (χ2v) is 5.59. The number of nitrogens with one attached hydrogen (secondary N) is 1. The number of nitrogens with two attached hydrogens (primary N) is 1. The van der Waals surface area contributed by atoms with E-state index in [4.69, 9.17) is 22.7 Å². The molecule has 0 saturated heterocycles. The van der Waals surface area contributed by atoms with Crippen LogP contribution in [0.1, 0.15) is 32.8 Å². The minimum Gasteiger partial charge on any atom is -0.497 e. The number of benzene rings is 1. The first-order chi connectivity index (χ1) is 8.39. The van der Waals surface area contributed by atoms with Crippen molar-refractivity contribution in [2.75, 3.05) is 19.0 Å². The van der Waals surface area contributed by atoms with Crippen molar-refractivity contribution in [1.82, 2.24) is 0 Å². The first-order valence-corrected chi connectivity index (χ1v) is 6.52. The van der Waals surface area contributed by atoms with Crippen LogP contribution in [-0.2, 0) is 0 Å². The van der Waals surface area contributed by atoms with Gasteiger partial charge in [0.1, 0.15) is 10.7 Å². The third kappa shape index (κ3) is 3.88. The zero-order chi connectivity index (χ0) is 13.8. The van der Waals surface area contributed by atoms with E-state index in [2.05, 4.69) is 26.1 Å². The Morgan fingerprint density at radius 1 is 1.44 bits per heavy atom. The van der Waals surface area contributed by atoms with Crippen molar-refractivity contribution in [2.45, 2.75) is 27.2 Å². The summed E-state index contributed by atoms with van der Waals surface area (Å²) in [4.78, 5) is 0.398. The van der Waals surface area contributed by atoms with Crippen molar-refractivity contribution in [3.63, 3.8) is 0 Å². The van der Waals surface area contributed by atoms with E-state index in [0.29, 0.717) is 4.99 Å². The molecular formula is C14H22N2OS. The molecule has 0 fully saturated rings. The Labute approximate surface area is 115 Å². The lowest BCUT2D eigenvalue weighted by Crippen LogP contribution is -2.23. The predicted molar refractivity (Wildman–Crippen MR) is 81.4 cm³/mol. The van der Waals surface area contributed by atoms with E-state index in [9.17, 15) is 0 Å². The lowest BCUT2D eigenvalue weighted by Gasteiger charge is -2.24. The minimum atomic E-state index is 0.233. The lowest BCUT2D eigenvalue weighted by atomic mass is 9.90. The summed E-state index contributed by atoms with van der Waals surface area (Å²) in [7, 11) is 1.65. The lowest BCUT2D eigenvalue weighted by molar-refractivity contribution is 0.376. The van der Waals surface area contributed by atoms with Gasteiger partial charge in [-0.1, -0.05) is 33.0 Å². The molecule has 0 aliphatic heterocycles. The smallest absolute Gasteiger partial charge is 0.120 e. The zero-order valence-corrected chi connectivity index (χ0v) is 12.4. The highest BCUT2D eigenvalue weighted by molar-refractivity contribution is 7.80. The van der Waals surface area contributed by atoms with Gasteiger partial charge in [-0.3, -0.25) is 0 Å². The molecule has 18 heavy (non-hydrogen) atoms. The highest BCUT2D eigenvalue weighted by Gasteiger charge is 2.16. The van der Waals surface area contributed by atoms with E-state index in [1.165, 1.54) is 0 Å². The zero-order valence-electron chi connectivity index (χ0n) is 11.5. The third-order valence-electron chi connectivity index (χ3n) is 3.21. The fourth-order valence-electron chi connectivity index (χ4n) is 1.47. The molecule has 1 rings (SSSR count). The molecule has 0 atom stereocenters. The molecule has 1 aromatic rings. The Balaban J connectivity index is 2.94. The highest BCUT2D eigenvalue weighted by atomic mass is 32.1. The van der Waals surface area contributed by atoms with Crippen molar-refractivity contribution in [1.29, 1.82) is 0 Å². The van der Waals surface area contributed by atoms with Crippen LogP contribution in [0.3, 0.4) is 0 Å². The second kappa shape index (κ2) is 6.05. The van der Waals surface area contributed by atoms with Gasteiger partial charge < -0.3 is 15.8 Å². The second-order valence-electron chi connectivity index (χ2n) is 5.15. The summed E-state index contributed by atoms with van der Waals surface area (Å²) >= 11 is 5.06. The van der Waals surface area contributed by atoms with Gasteiger partial charge in [0.25, 0.3) is 0 Å². The number of rotatable bonds is 6. The van der Waals surface area contributed by atoms with Crippen LogP contribution in [0, 0.1) is 5.41 Å². The van der Waals surface area contributed by atoms with Crippen molar-refractivity contribution in [3.05, 3.63) is 23.8 Å².